The van der Waals surface area contributed by atoms with Crippen molar-refractivity contribution in [2.24, 2.45) is 0 Å². The van der Waals surface area contributed by atoms with E-state index in [9.17, 15) is 13.2 Å². The molecule has 2 aromatic rings. The van der Waals surface area contributed by atoms with Gasteiger partial charge in [-0.15, -0.1) is 4.83 Å². The van der Waals surface area contributed by atoms with Gasteiger partial charge in [0.1, 0.15) is 0 Å². The molecule has 1 amide bonds. The van der Waals surface area contributed by atoms with Crippen LogP contribution in [0.2, 0.25) is 0 Å². The van der Waals surface area contributed by atoms with E-state index in [0.29, 0.717) is 16.7 Å². The van der Waals surface area contributed by atoms with Gasteiger partial charge < -0.3 is 0 Å². The second-order valence-corrected chi connectivity index (χ2v) is 7.58. The normalized spacial score (nSPS) is 11.4. The molecule has 0 aliphatic heterocycles. The van der Waals surface area contributed by atoms with Crippen molar-refractivity contribution in [2.75, 3.05) is 0 Å². The van der Waals surface area contributed by atoms with Crippen molar-refractivity contribution in [1.82, 2.24) is 10.3 Å². The highest BCUT2D eigenvalue weighted by atomic mass is 32.2. The first-order chi connectivity index (χ1) is 11.1. The van der Waals surface area contributed by atoms with Crippen LogP contribution in [0.15, 0.2) is 35.2 Å². The maximum Gasteiger partial charge on any atom is 0.266 e. The molecular weight excluding hydrogens is 324 g/mol. The number of rotatable bonds is 4. The molecule has 0 bridgehead atoms. The molecule has 0 aromatic heterocycles. The predicted molar refractivity (Wildman–Crippen MR) is 94.4 cm³/mol. The van der Waals surface area contributed by atoms with Gasteiger partial charge >= 0.3 is 0 Å². The van der Waals surface area contributed by atoms with Crippen LogP contribution in [-0.4, -0.2) is 14.3 Å². The summed E-state index contributed by atoms with van der Waals surface area (Å²) in [4.78, 5) is 14.6. The lowest BCUT2D eigenvalue weighted by molar-refractivity contribution is 0.0944. The van der Waals surface area contributed by atoms with Crippen molar-refractivity contribution >= 4 is 15.9 Å². The zero-order chi connectivity index (χ0) is 18.1. The summed E-state index contributed by atoms with van der Waals surface area (Å²) in [6.45, 7) is 9.06. The van der Waals surface area contributed by atoms with Gasteiger partial charge in [0.25, 0.3) is 15.9 Å². The summed E-state index contributed by atoms with van der Waals surface area (Å²) < 4.78 is 25.3. The Hall–Kier alpha value is -2.18. The Kier molecular flexibility index (Phi) is 5.11. The molecule has 0 spiro atoms. The summed E-state index contributed by atoms with van der Waals surface area (Å²) in [7, 11) is -3.86. The fourth-order valence-electron chi connectivity index (χ4n) is 2.64. The van der Waals surface area contributed by atoms with Crippen LogP contribution in [0.1, 0.15) is 38.2 Å². The lowest BCUT2D eigenvalue weighted by Gasteiger charge is -2.16. The molecule has 128 valence electrons. The molecule has 24 heavy (non-hydrogen) atoms. The Morgan fingerprint density at radius 1 is 0.875 bits per heavy atom. The third-order valence-electron chi connectivity index (χ3n) is 4.25. The molecule has 0 heterocycles. The van der Waals surface area contributed by atoms with Crippen molar-refractivity contribution in [2.45, 2.75) is 39.5 Å². The topological polar surface area (TPSA) is 75.3 Å². The summed E-state index contributed by atoms with van der Waals surface area (Å²) in [5.74, 6) is -0.489. The van der Waals surface area contributed by atoms with Crippen molar-refractivity contribution in [3.05, 3.63) is 63.7 Å². The largest absolute Gasteiger partial charge is 0.273 e. The Morgan fingerprint density at radius 3 is 1.96 bits per heavy atom. The first-order valence-electron chi connectivity index (χ1n) is 7.60. The number of hydrogen-bond acceptors (Lipinski definition) is 3. The molecule has 2 aromatic carbocycles. The van der Waals surface area contributed by atoms with E-state index in [1.54, 1.807) is 39.0 Å². The van der Waals surface area contributed by atoms with E-state index in [0.717, 1.165) is 16.7 Å². The van der Waals surface area contributed by atoms with Gasteiger partial charge in [0.05, 0.1) is 4.90 Å². The van der Waals surface area contributed by atoms with E-state index >= 15 is 0 Å². The molecule has 0 fully saturated rings. The number of nitrogens with one attached hydrogen (secondary N) is 2. The number of aryl methyl sites for hydroxylation is 3. The minimum atomic E-state index is -3.86. The van der Waals surface area contributed by atoms with Gasteiger partial charge in [-0.3, -0.25) is 10.2 Å². The van der Waals surface area contributed by atoms with Crippen molar-refractivity contribution in [3.63, 3.8) is 0 Å². The molecule has 0 atom stereocenters. The van der Waals surface area contributed by atoms with Crippen LogP contribution in [0.3, 0.4) is 0 Å². The maximum absolute atomic E-state index is 12.7. The van der Waals surface area contributed by atoms with Crippen LogP contribution in [0.25, 0.3) is 0 Å². The van der Waals surface area contributed by atoms with Crippen LogP contribution < -0.4 is 10.3 Å². The van der Waals surface area contributed by atoms with E-state index in [1.807, 2.05) is 26.0 Å². The maximum atomic E-state index is 12.7. The zero-order valence-electron chi connectivity index (χ0n) is 14.5. The average Bonchev–Trinajstić information content (AvgIpc) is 2.51. The average molecular weight is 346 g/mol. The Morgan fingerprint density at radius 2 is 1.42 bits per heavy atom. The quantitative estimate of drug-likeness (QED) is 0.836. The smallest absolute Gasteiger partial charge is 0.266 e. The van der Waals surface area contributed by atoms with Crippen LogP contribution in [0, 0.1) is 34.6 Å². The summed E-state index contributed by atoms with van der Waals surface area (Å²) in [6, 6.07) is 8.94. The molecule has 0 saturated heterocycles. The van der Waals surface area contributed by atoms with Gasteiger partial charge in [0.2, 0.25) is 0 Å². The summed E-state index contributed by atoms with van der Waals surface area (Å²) >= 11 is 0. The predicted octanol–water partition coefficient (Wildman–Crippen LogP) is 2.85. The fourth-order valence-corrected chi connectivity index (χ4v) is 4.10. The summed E-state index contributed by atoms with van der Waals surface area (Å²) in [5.41, 5.74) is 6.63. The summed E-state index contributed by atoms with van der Waals surface area (Å²) in [5, 5.41) is 0. The van der Waals surface area contributed by atoms with E-state index < -0.39 is 15.9 Å². The van der Waals surface area contributed by atoms with Crippen molar-refractivity contribution in [3.8, 4) is 0 Å². The molecule has 0 aliphatic carbocycles. The van der Waals surface area contributed by atoms with E-state index in [2.05, 4.69) is 10.3 Å². The minimum Gasteiger partial charge on any atom is -0.273 e. The van der Waals surface area contributed by atoms with E-state index in [1.165, 1.54) is 0 Å². The van der Waals surface area contributed by atoms with E-state index in [4.69, 9.17) is 0 Å². The second kappa shape index (κ2) is 6.75. The second-order valence-electron chi connectivity index (χ2n) is 5.96. The number of sulfonamides is 1. The third-order valence-corrected chi connectivity index (χ3v) is 5.78. The molecular formula is C18H22N2O3S. The molecule has 2 N–H and O–H groups in total. The summed E-state index contributed by atoms with van der Waals surface area (Å²) in [6.07, 6.45) is 0. The van der Waals surface area contributed by atoms with Gasteiger partial charge in [0.15, 0.2) is 0 Å². The third kappa shape index (κ3) is 3.49. The number of carbonyl (C=O) groups is 1. The number of hydrazine groups is 1. The lowest BCUT2D eigenvalue weighted by Crippen LogP contribution is -2.42. The number of hydrogen-bond donors (Lipinski definition) is 2. The molecule has 6 heteroatoms. The Bertz CT molecular complexity index is 876. The van der Waals surface area contributed by atoms with Crippen molar-refractivity contribution < 1.29 is 13.2 Å². The van der Waals surface area contributed by atoms with Gasteiger partial charge in [-0.1, -0.05) is 24.3 Å². The Balaban J connectivity index is 2.31. The first kappa shape index (κ1) is 18.2. The monoisotopic (exact) mass is 346 g/mol. The molecule has 2 rings (SSSR count). The van der Waals surface area contributed by atoms with Gasteiger partial charge in [-0.2, -0.15) is 0 Å². The zero-order valence-corrected chi connectivity index (χ0v) is 15.3. The fraction of sp³-hybridized carbons (Fsp3) is 0.278. The van der Waals surface area contributed by atoms with Gasteiger partial charge in [-0.25, -0.2) is 8.42 Å². The highest BCUT2D eigenvalue weighted by Gasteiger charge is 2.23. The van der Waals surface area contributed by atoms with Gasteiger partial charge in [0, 0.05) is 5.56 Å². The molecule has 0 saturated carbocycles. The first-order valence-corrected chi connectivity index (χ1v) is 9.08. The number of amides is 1. The highest BCUT2D eigenvalue weighted by molar-refractivity contribution is 7.89. The molecule has 0 unspecified atom stereocenters. The minimum absolute atomic E-state index is 0.213. The molecule has 0 aliphatic rings. The molecule has 0 radical (unpaired) electrons. The van der Waals surface area contributed by atoms with Gasteiger partial charge in [-0.05, 0) is 68.5 Å². The van der Waals surface area contributed by atoms with Crippen molar-refractivity contribution in [1.29, 1.82) is 0 Å². The number of benzene rings is 2. The Labute approximate surface area is 143 Å². The number of carbonyl (C=O) groups excluding carboxylic acids is 1. The van der Waals surface area contributed by atoms with E-state index in [-0.39, 0.29) is 4.90 Å². The lowest BCUT2D eigenvalue weighted by atomic mass is 10.0. The van der Waals surface area contributed by atoms with Crippen LogP contribution in [0.4, 0.5) is 0 Å². The standard InChI is InChI=1S/C18H22N2O3S/c1-11-8-6-7-9-16(11)18(21)19-20-24(22,23)17-14(4)12(2)10-13(3)15(17)5/h6-10,20H,1-5H3,(H,19,21). The van der Waals surface area contributed by atoms with Crippen LogP contribution >= 0.6 is 0 Å². The SMILES string of the molecule is Cc1ccccc1C(=O)NNS(=O)(=O)c1c(C)c(C)cc(C)c1C. The molecule has 5 nitrogen and oxygen atoms in total. The highest BCUT2D eigenvalue weighted by Crippen LogP contribution is 2.25. The van der Waals surface area contributed by atoms with Crippen LogP contribution in [-0.2, 0) is 10.0 Å². The van der Waals surface area contributed by atoms with Crippen LogP contribution in [0.5, 0.6) is 0 Å².